The first-order valence-electron chi connectivity index (χ1n) is 14.7. The zero-order chi connectivity index (χ0) is 30.6. The summed E-state index contributed by atoms with van der Waals surface area (Å²) in [5.41, 5.74) is 3.88. The summed E-state index contributed by atoms with van der Waals surface area (Å²) in [6, 6.07) is 15.2. The summed E-state index contributed by atoms with van der Waals surface area (Å²) >= 11 is 0. The molecule has 2 saturated heterocycles. The number of nitrogens with zero attached hydrogens (tertiary/aromatic N) is 5. The van der Waals surface area contributed by atoms with Crippen molar-refractivity contribution in [2.24, 2.45) is 0 Å². The van der Waals surface area contributed by atoms with E-state index < -0.39 is 11.8 Å². The maximum Gasteiger partial charge on any atom is 0.335 e. The fourth-order valence-corrected chi connectivity index (χ4v) is 5.79. The molecule has 1 N–H and O–H groups in total. The number of imidazole rings is 1. The number of benzene rings is 2. The van der Waals surface area contributed by atoms with Gasteiger partial charge >= 0.3 is 5.97 Å². The molecule has 224 valence electrons. The van der Waals surface area contributed by atoms with Gasteiger partial charge in [0.1, 0.15) is 23.8 Å². The third kappa shape index (κ3) is 6.28. The minimum atomic E-state index is -0.994. The number of rotatable bonds is 9. The lowest BCUT2D eigenvalue weighted by Crippen LogP contribution is -2.35. The molecule has 0 radical (unpaired) electrons. The predicted octanol–water partition coefficient (Wildman–Crippen LogP) is 5.26. The number of piperidine rings is 1. The molecular formula is C34H32FN5O4. The molecular weight excluding hydrogens is 561 g/mol. The molecule has 9 nitrogen and oxygen atoms in total. The van der Waals surface area contributed by atoms with Crippen LogP contribution in [-0.2, 0) is 24.4 Å². The summed E-state index contributed by atoms with van der Waals surface area (Å²) in [4.78, 5) is 24.0. The molecule has 1 atom stereocenters. The number of carboxylic acids is 1. The SMILES string of the molecule is CC#Cc1cc(C(=O)O)cc2c1nc(CN1CCC(c3cccc(OCc4ccc(C#N)cc4F)n3)CC1)n2CC1CCO1. The highest BCUT2D eigenvalue weighted by molar-refractivity contribution is 5.95. The van der Waals surface area contributed by atoms with Crippen molar-refractivity contribution in [1.29, 1.82) is 5.26 Å². The molecule has 0 spiro atoms. The Morgan fingerprint density at radius 1 is 1.16 bits per heavy atom. The second-order valence-corrected chi connectivity index (χ2v) is 11.1. The molecule has 6 rings (SSSR count). The van der Waals surface area contributed by atoms with Crippen LogP contribution in [0.1, 0.15) is 70.7 Å². The quantitative estimate of drug-likeness (QED) is 0.262. The summed E-state index contributed by atoms with van der Waals surface area (Å²) < 4.78 is 27.9. The van der Waals surface area contributed by atoms with Crippen molar-refractivity contribution in [2.75, 3.05) is 19.7 Å². The van der Waals surface area contributed by atoms with Crippen LogP contribution < -0.4 is 4.74 Å². The Morgan fingerprint density at radius 2 is 1.98 bits per heavy atom. The van der Waals surface area contributed by atoms with E-state index in [2.05, 4.69) is 21.3 Å². The van der Waals surface area contributed by atoms with Crippen LogP contribution in [-0.4, -0.2) is 56.3 Å². The highest BCUT2D eigenvalue weighted by atomic mass is 19.1. The highest BCUT2D eigenvalue weighted by Crippen LogP contribution is 2.30. The Hall–Kier alpha value is -4.77. The number of nitriles is 1. The molecule has 0 amide bonds. The number of pyridine rings is 1. The van der Waals surface area contributed by atoms with Gasteiger partial charge in [-0.3, -0.25) is 4.90 Å². The van der Waals surface area contributed by atoms with Crippen molar-refractivity contribution in [2.45, 2.75) is 57.9 Å². The summed E-state index contributed by atoms with van der Waals surface area (Å²) in [6.07, 6.45) is 2.85. The van der Waals surface area contributed by atoms with Gasteiger partial charge in [0.2, 0.25) is 5.88 Å². The molecule has 4 aromatic rings. The Labute approximate surface area is 254 Å². The van der Waals surface area contributed by atoms with E-state index in [0.29, 0.717) is 30.1 Å². The van der Waals surface area contributed by atoms with E-state index in [1.165, 1.54) is 6.07 Å². The largest absolute Gasteiger partial charge is 0.478 e. The van der Waals surface area contributed by atoms with Crippen LogP contribution in [0.25, 0.3) is 11.0 Å². The van der Waals surface area contributed by atoms with Gasteiger partial charge in [-0.15, -0.1) is 5.92 Å². The van der Waals surface area contributed by atoms with E-state index >= 15 is 0 Å². The maximum atomic E-state index is 14.3. The molecule has 2 aliphatic rings. The van der Waals surface area contributed by atoms with Crippen molar-refractivity contribution < 1.29 is 23.8 Å². The van der Waals surface area contributed by atoms with Crippen molar-refractivity contribution in [1.82, 2.24) is 19.4 Å². The number of aromatic nitrogens is 3. The number of hydrogen-bond donors (Lipinski definition) is 1. The maximum absolute atomic E-state index is 14.3. The topological polar surface area (TPSA) is 113 Å². The van der Waals surface area contributed by atoms with E-state index in [-0.39, 0.29) is 29.8 Å². The number of carbonyl (C=O) groups is 1. The number of hydrogen-bond acceptors (Lipinski definition) is 7. The van der Waals surface area contributed by atoms with Gasteiger partial charge in [0.05, 0.1) is 47.5 Å². The number of carboxylic acid groups (broad SMARTS) is 1. The smallest absolute Gasteiger partial charge is 0.335 e. The molecule has 2 aliphatic heterocycles. The Kier molecular flexibility index (Phi) is 8.56. The fourth-order valence-electron chi connectivity index (χ4n) is 5.79. The molecule has 2 aromatic carbocycles. The number of aromatic carboxylic acids is 1. The van der Waals surface area contributed by atoms with Gasteiger partial charge in [0, 0.05) is 29.8 Å². The van der Waals surface area contributed by atoms with Gasteiger partial charge in [-0.05, 0) is 69.6 Å². The molecule has 1 unspecified atom stereocenters. The lowest BCUT2D eigenvalue weighted by molar-refractivity contribution is -0.0592. The first-order valence-corrected chi connectivity index (χ1v) is 14.7. The van der Waals surface area contributed by atoms with Crippen LogP contribution in [0.15, 0.2) is 48.5 Å². The summed E-state index contributed by atoms with van der Waals surface area (Å²) in [7, 11) is 0. The van der Waals surface area contributed by atoms with Crippen molar-refractivity contribution in [3.63, 3.8) is 0 Å². The normalized spacial score (nSPS) is 17.0. The van der Waals surface area contributed by atoms with Crippen LogP contribution in [0.4, 0.5) is 4.39 Å². The van der Waals surface area contributed by atoms with E-state index in [1.54, 1.807) is 37.3 Å². The fraction of sp³-hybridized carbons (Fsp3) is 0.353. The van der Waals surface area contributed by atoms with Crippen LogP contribution in [0.2, 0.25) is 0 Å². The monoisotopic (exact) mass is 593 g/mol. The lowest BCUT2D eigenvalue weighted by Gasteiger charge is -2.32. The molecule has 0 aliphatic carbocycles. The molecule has 4 heterocycles. The van der Waals surface area contributed by atoms with Crippen molar-refractivity contribution in [3.8, 4) is 23.8 Å². The average molecular weight is 594 g/mol. The molecule has 10 heteroatoms. The standard InChI is InChI=1S/C34H32FN5O4/c1-2-4-24-16-26(34(41)42)17-30-33(24)38-31(40(30)19-27-11-14-43-27)20-39-12-9-23(10-13-39)29-5-3-6-32(37-29)44-21-25-8-7-22(18-36)15-28(25)35/h3,5-8,15-17,23,27H,9-14,19-21H2,1H3,(H,41,42). The predicted molar refractivity (Wildman–Crippen MR) is 161 cm³/mol. The van der Waals surface area contributed by atoms with Gasteiger partial charge in [0.25, 0.3) is 0 Å². The Balaban J connectivity index is 1.15. The lowest BCUT2D eigenvalue weighted by atomic mass is 9.93. The van der Waals surface area contributed by atoms with Gasteiger partial charge in [-0.2, -0.15) is 5.26 Å². The van der Waals surface area contributed by atoms with E-state index in [4.69, 9.17) is 24.7 Å². The zero-order valence-corrected chi connectivity index (χ0v) is 24.4. The second-order valence-electron chi connectivity index (χ2n) is 11.1. The van der Waals surface area contributed by atoms with Gasteiger partial charge in [-0.1, -0.05) is 18.1 Å². The van der Waals surface area contributed by atoms with E-state index in [0.717, 1.165) is 61.5 Å². The molecule has 0 saturated carbocycles. The van der Waals surface area contributed by atoms with Gasteiger partial charge < -0.3 is 19.1 Å². The van der Waals surface area contributed by atoms with Gasteiger partial charge in [-0.25, -0.2) is 19.2 Å². The number of fused-ring (bicyclic) bond motifs is 1. The van der Waals surface area contributed by atoms with Crippen LogP contribution in [0.3, 0.4) is 0 Å². The third-order valence-corrected chi connectivity index (χ3v) is 8.29. The Bertz CT molecular complexity index is 1810. The minimum absolute atomic E-state index is 0.0266. The number of halogens is 1. The van der Waals surface area contributed by atoms with Crippen molar-refractivity contribution >= 4 is 17.0 Å². The number of ether oxygens (including phenoxy) is 2. The van der Waals surface area contributed by atoms with Crippen LogP contribution in [0.5, 0.6) is 5.88 Å². The minimum Gasteiger partial charge on any atom is -0.478 e. The summed E-state index contributed by atoms with van der Waals surface area (Å²) in [6.45, 7) is 5.43. The van der Waals surface area contributed by atoms with Crippen LogP contribution in [0, 0.1) is 29.0 Å². The zero-order valence-electron chi connectivity index (χ0n) is 24.4. The highest BCUT2D eigenvalue weighted by Gasteiger charge is 2.27. The van der Waals surface area contributed by atoms with E-state index in [1.807, 2.05) is 18.2 Å². The van der Waals surface area contributed by atoms with Crippen molar-refractivity contribution in [3.05, 3.63) is 88.1 Å². The van der Waals surface area contributed by atoms with Crippen LogP contribution >= 0.6 is 0 Å². The Morgan fingerprint density at radius 3 is 2.66 bits per heavy atom. The van der Waals surface area contributed by atoms with E-state index in [9.17, 15) is 14.3 Å². The summed E-state index contributed by atoms with van der Waals surface area (Å²) in [5, 5.41) is 18.7. The number of likely N-dealkylation sites (tertiary alicyclic amines) is 1. The second kappa shape index (κ2) is 12.8. The molecule has 2 aromatic heterocycles. The third-order valence-electron chi connectivity index (χ3n) is 8.29. The summed E-state index contributed by atoms with van der Waals surface area (Å²) in [5.74, 6) is 6.04. The molecule has 0 bridgehead atoms. The first kappa shape index (κ1) is 29.3. The first-order chi connectivity index (χ1) is 21.4. The average Bonchev–Trinajstić information content (AvgIpc) is 3.35. The van der Waals surface area contributed by atoms with Gasteiger partial charge in [0.15, 0.2) is 0 Å². The molecule has 44 heavy (non-hydrogen) atoms. The molecule has 2 fully saturated rings.